The average Bonchev–Trinajstić information content (AvgIpc) is 3.60. The van der Waals surface area contributed by atoms with E-state index in [4.69, 9.17) is 4.74 Å². The summed E-state index contributed by atoms with van der Waals surface area (Å²) in [6.45, 7) is 0.837. The Morgan fingerprint density at radius 3 is 2.35 bits per heavy atom. The van der Waals surface area contributed by atoms with E-state index in [1.807, 2.05) is 48.5 Å². The van der Waals surface area contributed by atoms with Gasteiger partial charge in [-0.05, 0) is 42.0 Å². The van der Waals surface area contributed by atoms with Gasteiger partial charge < -0.3 is 15.4 Å². The lowest BCUT2D eigenvalue weighted by Gasteiger charge is -2.32. The van der Waals surface area contributed by atoms with Crippen LogP contribution in [0.1, 0.15) is 34.1 Å². The quantitative estimate of drug-likeness (QED) is 0.493. The molecule has 7 nitrogen and oxygen atoms in total. The second-order valence-corrected chi connectivity index (χ2v) is 8.90. The highest BCUT2D eigenvalue weighted by atomic mass is 32.1. The van der Waals surface area contributed by atoms with Gasteiger partial charge in [0.2, 0.25) is 11.8 Å². The van der Waals surface area contributed by atoms with Crippen molar-refractivity contribution in [2.24, 2.45) is 0 Å². The molecule has 2 atom stereocenters. The summed E-state index contributed by atoms with van der Waals surface area (Å²) < 4.78 is 5.64. The Hall–Kier alpha value is -3.49. The topological polar surface area (TPSA) is 87.7 Å². The minimum atomic E-state index is -0.906. The fraction of sp³-hybridized carbons (Fsp3) is 0.269. The van der Waals surface area contributed by atoms with Gasteiger partial charge >= 0.3 is 0 Å². The van der Waals surface area contributed by atoms with E-state index in [-0.39, 0.29) is 24.5 Å². The molecule has 0 unspecified atom stereocenters. The molecule has 0 radical (unpaired) electrons. The second-order valence-electron chi connectivity index (χ2n) is 7.95. The van der Waals surface area contributed by atoms with Gasteiger partial charge in [-0.25, -0.2) is 0 Å². The largest absolute Gasteiger partial charge is 0.376 e. The molecule has 3 aromatic rings. The van der Waals surface area contributed by atoms with Gasteiger partial charge in [-0.1, -0.05) is 54.6 Å². The van der Waals surface area contributed by atoms with Crippen LogP contribution in [-0.2, 0) is 14.3 Å². The third kappa shape index (κ3) is 5.89. The standard InChI is InChI=1S/C26H27N3O4S/c30-23(18-28-25(31)22-14-8-16-34-22)29(20-11-5-2-6-12-20)24(19-9-3-1-4-10-19)26(32)27-17-21-13-7-15-33-21/h1-6,8-12,14,16,21,24H,7,13,15,17-18H2,(H,27,32)(H,28,31)/t21-,24+/m0/s1. The summed E-state index contributed by atoms with van der Waals surface area (Å²) in [5.41, 5.74) is 1.24. The van der Waals surface area contributed by atoms with Crippen molar-refractivity contribution in [2.45, 2.75) is 25.0 Å². The van der Waals surface area contributed by atoms with Crippen molar-refractivity contribution < 1.29 is 19.1 Å². The monoisotopic (exact) mass is 477 g/mol. The molecule has 4 rings (SSSR count). The Morgan fingerprint density at radius 1 is 0.971 bits per heavy atom. The first kappa shape index (κ1) is 23.7. The molecule has 1 aromatic heterocycles. The first-order valence-electron chi connectivity index (χ1n) is 11.3. The Balaban J connectivity index is 1.60. The van der Waals surface area contributed by atoms with E-state index in [1.54, 1.807) is 29.6 Å². The number of para-hydroxylation sites is 1. The van der Waals surface area contributed by atoms with Crippen molar-refractivity contribution in [1.29, 1.82) is 0 Å². The molecule has 2 N–H and O–H groups in total. The predicted octanol–water partition coefficient (Wildman–Crippen LogP) is 3.55. The Morgan fingerprint density at radius 2 is 1.71 bits per heavy atom. The van der Waals surface area contributed by atoms with Gasteiger partial charge in [0.1, 0.15) is 6.04 Å². The van der Waals surface area contributed by atoms with E-state index in [0.717, 1.165) is 12.8 Å². The van der Waals surface area contributed by atoms with Crippen LogP contribution in [0.4, 0.5) is 5.69 Å². The molecule has 0 aliphatic carbocycles. The molecule has 3 amide bonds. The van der Waals surface area contributed by atoms with E-state index in [9.17, 15) is 14.4 Å². The normalized spacial score (nSPS) is 15.9. The lowest BCUT2D eigenvalue weighted by atomic mass is 10.0. The molecule has 1 aliphatic heterocycles. The maximum Gasteiger partial charge on any atom is 0.261 e. The van der Waals surface area contributed by atoms with Crippen LogP contribution in [0, 0.1) is 0 Å². The number of carbonyl (C=O) groups is 3. The molecule has 0 spiro atoms. The van der Waals surface area contributed by atoms with Crippen LogP contribution in [0.25, 0.3) is 0 Å². The Bertz CT molecular complexity index is 1080. The molecule has 34 heavy (non-hydrogen) atoms. The Labute approximate surface area is 202 Å². The van der Waals surface area contributed by atoms with Crippen LogP contribution in [0.5, 0.6) is 0 Å². The first-order valence-corrected chi connectivity index (χ1v) is 12.1. The minimum Gasteiger partial charge on any atom is -0.376 e. The number of carbonyl (C=O) groups excluding carboxylic acids is 3. The molecule has 176 valence electrons. The number of hydrogen-bond acceptors (Lipinski definition) is 5. The number of rotatable bonds is 9. The second kappa shape index (κ2) is 11.6. The summed E-state index contributed by atoms with van der Waals surface area (Å²) in [5.74, 6) is -1.02. The van der Waals surface area contributed by atoms with E-state index < -0.39 is 11.9 Å². The van der Waals surface area contributed by atoms with E-state index >= 15 is 0 Å². The Kier molecular flexibility index (Phi) is 8.06. The van der Waals surface area contributed by atoms with E-state index in [0.29, 0.717) is 29.3 Å². The number of nitrogens with one attached hydrogen (secondary N) is 2. The average molecular weight is 478 g/mol. The van der Waals surface area contributed by atoms with Gasteiger partial charge in [-0.15, -0.1) is 11.3 Å². The number of benzene rings is 2. The molecular weight excluding hydrogens is 450 g/mol. The van der Waals surface area contributed by atoms with Crippen LogP contribution in [0.15, 0.2) is 78.2 Å². The molecule has 1 saturated heterocycles. The molecule has 1 fully saturated rings. The number of hydrogen-bond donors (Lipinski definition) is 2. The molecule has 0 saturated carbocycles. The van der Waals surface area contributed by atoms with Crippen LogP contribution < -0.4 is 15.5 Å². The van der Waals surface area contributed by atoms with Crippen molar-refractivity contribution in [2.75, 3.05) is 24.6 Å². The third-order valence-corrected chi connectivity index (χ3v) is 6.47. The number of amides is 3. The summed E-state index contributed by atoms with van der Waals surface area (Å²) >= 11 is 1.30. The number of thiophene rings is 1. The van der Waals surface area contributed by atoms with Crippen molar-refractivity contribution in [1.82, 2.24) is 10.6 Å². The van der Waals surface area contributed by atoms with E-state index in [2.05, 4.69) is 10.6 Å². The number of ether oxygens (including phenoxy) is 1. The van der Waals surface area contributed by atoms with Gasteiger partial charge in [0.15, 0.2) is 0 Å². The number of nitrogens with zero attached hydrogens (tertiary/aromatic N) is 1. The molecule has 8 heteroatoms. The summed E-state index contributed by atoms with van der Waals surface area (Å²) in [4.78, 5) is 41.4. The molecule has 2 aromatic carbocycles. The van der Waals surface area contributed by atoms with Crippen molar-refractivity contribution in [3.8, 4) is 0 Å². The first-order chi connectivity index (χ1) is 16.6. The minimum absolute atomic E-state index is 0.0219. The highest BCUT2D eigenvalue weighted by Crippen LogP contribution is 2.28. The molecule has 0 bridgehead atoms. The molecule has 2 heterocycles. The van der Waals surface area contributed by atoms with Gasteiger partial charge in [-0.3, -0.25) is 19.3 Å². The van der Waals surface area contributed by atoms with Gasteiger partial charge in [-0.2, -0.15) is 0 Å². The smallest absolute Gasteiger partial charge is 0.261 e. The lowest BCUT2D eigenvalue weighted by molar-refractivity contribution is -0.126. The van der Waals surface area contributed by atoms with Crippen molar-refractivity contribution in [3.63, 3.8) is 0 Å². The predicted molar refractivity (Wildman–Crippen MR) is 132 cm³/mol. The van der Waals surface area contributed by atoms with Crippen LogP contribution in [0.2, 0.25) is 0 Å². The SMILES string of the molecule is O=C(NCC(=O)N(c1ccccc1)[C@@H](C(=O)NC[C@@H]1CCCO1)c1ccccc1)c1cccs1. The summed E-state index contributed by atoms with van der Waals surface area (Å²) in [6.07, 6.45) is 1.85. The highest BCUT2D eigenvalue weighted by molar-refractivity contribution is 7.12. The number of anilines is 1. The summed E-state index contributed by atoms with van der Waals surface area (Å²) in [5, 5.41) is 7.46. The zero-order chi connectivity index (χ0) is 23.8. The summed E-state index contributed by atoms with van der Waals surface area (Å²) in [7, 11) is 0. The highest BCUT2D eigenvalue weighted by Gasteiger charge is 2.33. The zero-order valence-corrected chi connectivity index (χ0v) is 19.5. The lowest BCUT2D eigenvalue weighted by Crippen LogP contribution is -2.48. The van der Waals surface area contributed by atoms with Crippen molar-refractivity contribution in [3.05, 3.63) is 88.6 Å². The maximum absolute atomic E-state index is 13.5. The van der Waals surface area contributed by atoms with Gasteiger partial charge in [0.25, 0.3) is 5.91 Å². The van der Waals surface area contributed by atoms with Crippen LogP contribution in [-0.4, -0.2) is 43.5 Å². The van der Waals surface area contributed by atoms with Crippen LogP contribution >= 0.6 is 11.3 Å². The van der Waals surface area contributed by atoms with Gasteiger partial charge in [0, 0.05) is 18.8 Å². The summed E-state index contributed by atoms with van der Waals surface area (Å²) in [6, 6.07) is 20.8. The van der Waals surface area contributed by atoms with Gasteiger partial charge in [0.05, 0.1) is 17.5 Å². The third-order valence-electron chi connectivity index (χ3n) is 5.60. The molecule has 1 aliphatic rings. The maximum atomic E-state index is 13.5. The van der Waals surface area contributed by atoms with Crippen LogP contribution in [0.3, 0.4) is 0 Å². The molecular formula is C26H27N3O4S. The fourth-order valence-electron chi connectivity index (χ4n) is 3.93. The van der Waals surface area contributed by atoms with Crippen molar-refractivity contribution >= 4 is 34.7 Å². The zero-order valence-electron chi connectivity index (χ0n) is 18.7. The van der Waals surface area contributed by atoms with E-state index in [1.165, 1.54) is 16.2 Å². The fourth-order valence-corrected chi connectivity index (χ4v) is 4.57.